The Bertz CT molecular complexity index is 827. The summed E-state index contributed by atoms with van der Waals surface area (Å²) in [5.41, 5.74) is 1.24. The minimum atomic E-state index is -0.744. The average Bonchev–Trinajstić information content (AvgIpc) is 3.29. The van der Waals surface area contributed by atoms with Gasteiger partial charge in [-0.2, -0.15) is 0 Å². The van der Waals surface area contributed by atoms with Gasteiger partial charge in [-0.05, 0) is 31.2 Å². The van der Waals surface area contributed by atoms with E-state index >= 15 is 0 Å². The first-order valence-corrected chi connectivity index (χ1v) is 7.26. The number of benzene rings is 1. The third-order valence-corrected chi connectivity index (χ3v) is 3.32. The number of hydrogen-bond donors (Lipinski definition) is 2. The number of carbonyl (C=O) groups is 2. The van der Waals surface area contributed by atoms with Crippen molar-refractivity contribution in [2.45, 2.75) is 13.0 Å². The molecule has 0 aliphatic carbocycles. The SMILES string of the molecule is C[C@H](NC(=O)c1ccco1)C(=O)Nc1ccccc1-n1ccnn1. The Morgan fingerprint density at radius 3 is 2.75 bits per heavy atom. The Balaban J connectivity index is 1.70. The van der Waals surface area contributed by atoms with Gasteiger partial charge in [0, 0.05) is 0 Å². The number of para-hydroxylation sites is 2. The molecule has 122 valence electrons. The third-order valence-electron chi connectivity index (χ3n) is 3.32. The van der Waals surface area contributed by atoms with Crippen LogP contribution in [-0.2, 0) is 4.79 Å². The molecular weight excluding hydrogens is 310 g/mol. The van der Waals surface area contributed by atoms with Gasteiger partial charge < -0.3 is 15.1 Å². The van der Waals surface area contributed by atoms with Crippen LogP contribution in [0.1, 0.15) is 17.5 Å². The highest BCUT2D eigenvalue weighted by Gasteiger charge is 2.19. The fraction of sp³-hybridized carbons (Fsp3) is 0.125. The molecule has 2 amide bonds. The standard InChI is InChI=1S/C16H15N5O3/c1-11(18-16(23)14-7-4-10-24-14)15(22)19-12-5-2-3-6-13(12)21-9-8-17-20-21/h2-11H,1H3,(H,18,23)(H,19,22)/t11-/m0/s1. The lowest BCUT2D eigenvalue weighted by Crippen LogP contribution is -2.41. The lowest BCUT2D eigenvalue weighted by atomic mass is 10.2. The fourth-order valence-electron chi connectivity index (χ4n) is 2.10. The first-order valence-electron chi connectivity index (χ1n) is 7.26. The van der Waals surface area contributed by atoms with Gasteiger partial charge in [-0.3, -0.25) is 9.59 Å². The molecule has 0 bridgehead atoms. The minimum Gasteiger partial charge on any atom is -0.459 e. The second-order valence-corrected chi connectivity index (χ2v) is 5.03. The zero-order valence-electron chi connectivity index (χ0n) is 12.8. The number of aromatic nitrogens is 3. The van der Waals surface area contributed by atoms with Gasteiger partial charge in [-0.1, -0.05) is 17.3 Å². The zero-order valence-corrected chi connectivity index (χ0v) is 12.8. The molecular formula is C16H15N5O3. The Hall–Kier alpha value is -3.42. The van der Waals surface area contributed by atoms with E-state index in [4.69, 9.17) is 4.42 Å². The highest BCUT2D eigenvalue weighted by molar-refractivity contribution is 6.00. The highest BCUT2D eigenvalue weighted by Crippen LogP contribution is 2.18. The summed E-state index contributed by atoms with van der Waals surface area (Å²) in [6, 6.07) is 9.56. The first-order chi connectivity index (χ1) is 11.6. The number of rotatable bonds is 5. The number of nitrogens with zero attached hydrogens (tertiary/aromatic N) is 3. The molecule has 0 saturated carbocycles. The van der Waals surface area contributed by atoms with Crippen LogP contribution < -0.4 is 10.6 Å². The van der Waals surface area contributed by atoms with E-state index < -0.39 is 11.9 Å². The summed E-state index contributed by atoms with van der Waals surface area (Å²) in [6.07, 6.45) is 4.62. The molecule has 0 unspecified atom stereocenters. The Morgan fingerprint density at radius 2 is 2.04 bits per heavy atom. The van der Waals surface area contributed by atoms with E-state index in [2.05, 4.69) is 20.9 Å². The van der Waals surface area contributed by atoms with E-state index in [0.29, 0.717) is 11.4 Å². The van der Waals surface area contributed by atoms with Crippen LogP contribution in [0.4, 0.5) is 5.69 Å². The zero-order chi connectivity index (χ0) is 16.9. The maximum atomic E-state index is 12.3. The molecule has 1 aromatic carbocycles. The molecule has 2 N–H and O–H groups in total. The molecule has 0 spiro atoms. The molecule has 8 heteroatoms. The predicted molar refractivity (Wildman–Crippen MR) is 85.6 cm³/mol. The highest BCUT2D eigenvalue weighted by atomic mass is 16.3. The van der Waals surface area contributed by atoms with Crippen LogP contribution in [0, 0.1) is 0 Å². The smallest absolute Gasteiger partial charge is 0.287 e. The second kappa shape index (κ2) is 6.78. The van der Waals surface area contributed by atoms with Gasteiger partial charge >= 0.3 is 0 Å². The van der Waals surface area contributed by atoms with Crippen molar-refractivity contribution in [3.8, 4) is 5.69 Å². The van der Waals surface area contributed by atoms with E-state index in [1.165, 1.54) is 12.3 Å². The van der Waals surface area contributed by atoms with Crippen LogP contribution in [0.15, 0.2) is 59.5 Å². The summed E-state index contributed by atoms with van der Waals surface area (Å²) in [5.74, 6) is -0.660. The average molecular weight is 325 g/mol. The molecule has 3 aromatic rings. The van der Waals surface area contributed by atoms with E-state index in [1.54, 1.807) is 48.3 Å². The molecule has 0 radical (unpaired) electrons. The topological polar surface area (TPSA) is 102 Å². The van der Waals surface area contributed by atoms with E-state index in [1.807, 2.05) is 6.07 Å². The molecule has 0 fully saturated rings. The minimum absolute atomic E-state index is 0.151. The van der Waals surface area contributed by atoms with Crippen LogP contribution in [0.25, 0.3) is 5.69 Å². The van der Waals surface area contributed by atoms with Gasteiger partial charge in [0.2, 0.25) is 5.91 Å². The number of amides is 2. The summed E-state index contributed by atoms with van der Waals surface area (Å²) in [6.45, 7) is 1.59. The van der Waals surface area contributed by atoms with Crippen LogP contribution in [-0.4, -0.2) is 32.9 Å². The lowest BCUT2D eigenvalue weighted by Gasteiger charge is -2.15. The van der Waals surface area contributed by atoms with Crippen LogP contribution in [0.2, 0.25) is 0 Å². The van der Waals surface area contributed by atoms with Gasteiger partial charge in [-0.25, -0.2) is 4.68 Å². The lowest BCUT2D eigenvalue weighted by molar-refractivity contribution is -0.117. The number of carbonyl (C=O) groups excluding carboxylic acids is 2. The van der Waals surface area contributed by atoms with Gasteiger partial charge in [0.15, 0.2) is 5.76 Å². The molecule has 2 heterocycles. The number of hydrogen-bond acceptors (Lipinski definition) is 5. The summed E-state index contributed by atoms with van der Waals surface area (Å²) >= 11 is 0. The quantitative estimate of drug-likeness (QED) is 0.742. The monoisotopic (exact) mass is 325 g/mol. The predicted octanol–water partition coefficient (Wildman–Crippen LogP) is 1.62. The molecule has 0 saturated heterocycles. The normalized spacial score (nSPS) is 11.7. The van der Waals surface area contributed by atoms with Crippen molar-refractivity contribution >= 4 is 17.5 Å². The Kier molecular flexibility index (Phi) is 4.37. The molecule has 3 rings (SSSR count). The van der Waals surface area contributed by atoms with Crippen molar-refractivity contribution in [3.63, 3.8) is 0 Å². The van der Waals surface area contributed by atoms with Gasteiger partial charge in [0.1, 0.15) is 6.04 Å². The van der Waals surface area contributed by atoms with Crippen molar-refractivity contribution < 1.29 is 14.0 Å². The number of anilines is 1. The summed E-state index contributed by atoms with van der Waals surface area (Å²) in [4.78, 5) is 24.3. The van der Waals surface area contributed by atoms with E-state index in [0.717, 1.165) is 0 Å². The Labute approximate surface area is 137 Å². The van der Waals surface area contributed by atoms with Crippen molar-refractivity contribution in [2.24, 2.45) is 0 Å². The molecule has 2 aromatic heterocycles. The molecule has 0 aliphatic heterocycles. The van der Waals surface area contributed by atoms with Gasteiger partial charge in [-0.15, -0.1) is 5.10 Å². The fourth-order valence-corrected chi connectivity index (χ4v) is 2.10. The summed E-state index contributed by atoms with van der Waals surface area (Å²) < 4.78 is 6.54. The maximum absolute atomic E-state index is 12.3. The van der Waals surface area contributed by atoms with Gasteiger partial charge in [0.05, 0.1) is 30.0 Å². The van der Waals surface area contributed by atoms with E-state index in [9.17, 15) is 9.59 Å². The van der Waals surface area contributed by atoms with Crippen molar-refractivity contribution in [1.29, 1.82) is 0 Å². The molecule has 1 atom stereocenters. The molecule has 0 aliphatic rings. The maximum Gasteiger partial charge on any atom is 0.287 e. The van der Waals surface area contributed by atoms with Crippen LogP contribution in [0.5, 0.6) is 0 Å². The van der Waals surface area contributed by atoms with Crippen LogP contribution in [0.3, 0.4) is 0 Å². The van der Waals surface area contributed by atoms with Crippen molar-refractivity contribution in [2.75, 3.05) is 5.32 Å². The van der Waals surface area contributed by atoms with Gasteiger partial charge in [0.25, 0.3) is 5.91 Å². The van der Waals surface area contributed by atoms with E-state index in [-0.39, 0.29) is 11.7 Å². The van der Waals surface area contributed by atoms with Crippen molar-refractivity contribution in [1.82, 2.24) is 20.3 Å². The second-order valence-electron chi connectivity index (χ2n) is 5.03. The summed E-state index contributed by atoms with van der Waals surface area (Å²) in [5, 5.41) is 13.0. The Morgan fingerprint density at radius 1 is 1.21 bits per heavy atom. The first kappa shape index (κ1) is 15.5. The summed E-state index contributed by atoms with van der Waals surface area (Å²) in [7, 11) is 0. The molecule has 24 heavy (non-hydrogen) atoms. The largest absolute Gasteiger partial charge is 0.459 e. The number of furan rings is 1. The third kappa shape index (κ3) is 3.32. The number of nitrogens with one attached hydrogen (secondary N) is 2. The van der Waals surface area contributed by atoms with Crippen molar-refractivity contribution in [3.05, 3.63) is 60.8 Å². The van der Waals surface area contributed by atoms with Crippen LogP contribution >= 0.6 is 0 Å². The molecule has 8 nitrogen and oxygen atoms in total.